The zero-order chi connectivity index (χ0) is 13.0. The van der Waals surface area contributed by atoms with Gasteiger partial charge in [0.15, 0.2) is 0 Å². The molecule has 0 bridgehead atoms. The molecule has 1 aliphatic rings. The highest BCUT2D eigenvalue weighted by Crippen LogP contribution is 2.25. The minimum Gasteiger partial charge on any atom is -0.342 e. The third-order valence-corrected chi connectivity index (χ3v) is 4.00. The Morgan fingerprint density at radius 1 is 1.17 bits per heavy atom. The van der Waals surface area contributed by atoms with Crippen molar-refractivity contribution in [3.8, 4) is 0 Å². The first-order valence-electron chi connectivity index (χ1n) is 5.89. The second-order valence-electron chi connectivity index (χ2n) is 4.24. The van der Waals surface area contributed by atoms with Gasteiger partial charge in [-0.2, -0.15) is 0 Å². The zero-order valence-electron chi connectivity index (χ0n) is 9.96. The van der Waals surface area contributed by atoms with E-state index < -0.39 is 0 Å². The van der Waals surface area contributed by atoms with Crippen LogP contribution < -0.4 is 0 Å². The molecule has 1 aromatic rings. The van der Waals surface area contributed by atoms with E-state index in [0.717, 1.165) is 12.0 Å². The summed E-state index contributed by atoms with van der Waals surface area (Å²) >= 11 is 3.44. The van der Waals surface area contributed by atoms with E-state index in [-0.39, 0.29) is 10.7 Å². The van der Waals surface area contributed by atoms with Crippen LogP contribution in [0.15, 0.2) is 30.3 Å². The van der Waals surface area contributed by atoms with Crippen molar-refractivity contribution < 1.29 is 9.59 Å². The number of carbonyl (C=O) groups is 2. The topological polar surface area (TPSA) is 40.6 Å². The minimum absolute atomic E-state index is 0.0618. The second-order valence-corrected chi connectivity index (χ2v) is 5.16. The third kappa shape index (κ3) is 2.90. The molecular formula is C13H15BrN2O2. The third-order valence-electron chi connectivity index (χ3n) is 3.08. The van der Waals surface area contributed by atoms with Crippen LogP contribution in [0.1, 0.15) is 10.4 Å². The molecule has 0 saturated carbocycles. The largest absolute Gasteiger partial charge is 0.342 e. The van der Waals surface area contributed by atoms with Crippen molar-refractivity contribution in [1.29, 1.82) is 0 Å². The first-order chi connectivity index (χ1) is 8.72. The number of benzene rings is 1. The summed E-state index contributed by atoms with van der Waals surface area (Å²) in [4.78, 5) is 26.1. The molecule has 0 radical (unpaired) electrons. The number of piperazine rings is 1. The number of alkyl halides is 1. The van der Waals surface area contributed by atoms with Crippen molar-refractivity contribution in [3.05, 3.63) is 35.9 Å². The van der Waals surface area contributed by atoms with Crippen LogP contribution in [-0.4, -0.2) is 48.3 Å². The summed E-state index contributed by atoms with van der Waals surface area (Å²) in [5.74, 6) is 0.0618. The van der Waals surface area contributed by atoms with Crippen LogP contribution in [0, 0.1) is 0 Å². The maximum absolute atomic E-state index is 12.3. The zero-order valence-corrected chi connectivity index (χ0v) is 11.5. The average molecular weight is 311 g/mol. The van der Waals surface area contributed by atoms with Gasteiger partial charge in [0, 0.05) is 26.2 Å². The minimum atomic E-state index is -0.304. The maximum atomic E-state index is 12.3. The van der Waals surface area contributed by atoms with Gasteiger partial charge in [-0.1, -0.05) is 46.3 Å². The SMILES string of the molecule is O=CN1CCN(C(=O)C(Br)c2ccccc2)CC1. The lowest BCUT2D eigenvalue weighted by atomic mass is 10.1. The molecular weight excluding hydrogens is 296 g/mol. The fourth-order valence-electron chi connectivity index (χ4n) is 1.97. The van der Waals surface area contributed by atoms with Gasteiger partial charge in [0.25, 0.3) is 0 Å². The molecule has 1 fully saturated rings. The molecule has 18 heavy (non-hydrogen) atoms. The Hall–Kier alpha value is -1.36. The lowest BCUT2D eigenvalue weighted by Gasteiger charge is -2.33. The van der Waals surface area contributed by atoms with Crippen molar-refractivity contribution in [2.24, 2.45) is 0 Å². The Bertz CT molecular complexity index is 416. The van der Waals surface area contributed by atoms with Crippen LogP contribution in [0.5, 0.6) is 0 Å². The first kappa shape index (κ1) is 13.1. The fraction of sp³-hybridized carbons (Fsp3) is 0.385. The van der Waals surface area contributed by atoms with Crippen LogP contribution in [-0.2, 0) is 9.59 Å². The van der Waals surface area contributed by atoms with Crippen LogP contribution >= 0.6 is 15.9 Å². The number of rotatable bonds is 3. The molecule has 1 unspecified atom stereocenters. The molecule has 0 spiro atoms. The number of carbonyl (C=O) groups excluding carboxylic acids is 2. The highest BCUT2D eigenvalue weighted by Gasteiger charge is 2.26. The normalized spacial score (nSPS) is 17.4. The summed E-state index contributed by atoms with van der Waals surface area (Å²) in [7, 11) is 0. The van der Waals surface area contributed by atoms with Crippen LogP contribution in [0.2, 0.25) is 0 Å². The predicted molar refractivity (Wildman–Crippen MR) is 72.3 cm³/mol. The molecule has 1 atom stereocenters. The van der Waals surface area contributed by atoms with E-state index in [1.165, 1.54) is 0 Å². The second kappa shape index (κ2) is 6.00. The van der Waals surface area contributed by atoms with Gasteiger partial charge in [-0.25, -0.2) is 0 Å². The number of amides is 2. The Kier molecular flexibility index (Phi) is 4.36. The van der Waals surface area contributed by atoms with Crippen molar-refractivity contribution in [1.82, 2.24) is 9.80 Å². The van der Waals surface area contributed by atoms with E-state index in [2.05, 4.69) is 15.9 Å². The molecule has 0 N–H and O–H groups in total. The quantitative estimate of drug-likeness (QED) is 0.626. The Balaban J connectivity index is 1.98. The van der Waals surface area contributed by atoms with E-state index in [1.54, 1.807) is 9.80 Å². The molecule has 1 heterocycles. The molecule has 96 valence electrons. The fourth-order valence-corrected chi connectivity index (χ4v) is 2.57. The summed E-state index contributed by atoms with van der Waals surface area (Å²) in [6.45, 7) is 2.44. The Labute approximate surface area is 115 Å². The Morgan fingerprint density at radius 2 is 1.78 bits per heavy atom. The van der Waals surface area contributed by atoms with E-state index in [0.29, 0.717) is 26.2 Å². The van der Waals surface area contributed by atoms with Gasteiger partial charge in [0.2, 0.25) is 12.3 Å². The Morgan fingerprint density at radius 3 is 2.33 bits per heavy atom. The smallest absolute Gasteiger partial charge is 0.240 e. The summed E-state index contributed by atoms with van der Waals surface area (Å²) in [5, 5.41) is 0. The molecule has 2 rings (SSSR count). The van der Waals surface area contributed by atoms with E-state index in [4.69, 9.17) is 0 Å². The molecule has 4 nitrogen and oxygen atoms in total. The van der Waals surface area contributed by atoms with Gasteiger partial charge in [0.1, 0.15) is 4.83 Å². The van der Waals surface area contributed by atoms with Crippen LogP contribution in [0.4, 0.5) is 0 Å². The summed E-state index contributed by atoms with van der Waals surface area (Å²) in [6.07, 6.45) is 0.838. The highest BCUT2D eigenvalue weighted by molar-refractivity contribution is 9.09. The van der Waals surface area contributed by atoms with Crippen molar-refractivity contribution in [2.75, 3.05) is 26.2 Å². The lowest BCUT2D eigenvalue weighted by molar-refractivity contribution is -0.134. The molecule has 2 amide bonds. The van der Waals surface area contributed by atoms with Gasteiger partial charge in [-0.15, -0.1) is 0 Å². The summed E-state index contributed by atoms with van der Waals surface area (Å²) < 4.78 is 0. The van der Waals surface area contributed by atoms with E-state index >= 15 is 0 Å². The van der Waals surface area contributed by atoms with Gasteiger partial charge < -0.3 is 9.80 Å². The average Bonchev–Trinajstić information content (AvgIpc) is 2.47. The number of halogens is 1. The number of hydrogen-bond acceptors (Lipinski definition) is 2. The van der Waals surface area contributed by atoms with Gasteiger partial charge in [-0.05, 0) is 5.56 Å². The molecule has 0 aromatic heterocycles. The van der Waals surface area contributed by atoms with Crippen molar-refractivity contribution in [3.63, 3.8) is 0 Å². The summed E-state index contributed by atoms with van der Waals surface area (Å²) in [6, 6.07) is 9.62. The molecule has 1 saturated heterocycles. The van der Waals surface area contributed by atoms with Crippen LogP contribution in [0.25, 0.3) is 0 Å². The summed E-state index contributed by atoms with van der Waals surface area (Å²) in [5.41, 5.74) is 0.959. The van der Waals surface area contributed by atoms with Gasteiger partial charge >= 0.3 is 0 Å². The van der Waals surface area contributed by atoms with Crippen molar-refractivity contribution >= 4 is 28.2 Å². The van der Waals surface area contributed by atoms with Gasteiger partial charge in [0.05, 0.1) is 0 Å². The predicted octanol–water partition coefficient (Wildman–Crippen LogP) is 1.42. The number of hydrogen-bond donors (Lipinski definition) is 0. The van der Waals surface area contributed by atoms with Crippen molar-refractivity contribution in [2.45, 2.75) is 4.83 Å². The maximum Gasteiger partial charge on any atom is 0.240 e. The molecule has 1 aliphatic heterocycles. The lowest BCUT2D eigenvalue weighted by Crippen LogP contribution is -2.48. The number of nitrogens with zero attached hydrogens (tertiary/aromatic N) is 2. The first-order valence-corrected chi connectivity index (χ1v) is 6.81. The molecule has 5 heteroatoms. The van der Waals surface area contributed by atoms with Gasteiger partial charge in [-0.3, -0.25) is 9.59 Å². The highest BCUT2D eigenvalue weighted by atomic mass is 79.9. The standard InChI is InChI=1S/C13H15BrN2O2/c14-12(11-4-2-1-3-5-11)13(18)16-8-6-15(10-17)7-9-16/h1-5,10,12H,6-9H2. The van der Waals surface area contributed by atoms with E-state index in [1.807, 2.05) is 30.3 Å². The van der Waals surface area contributed by atoms with E-state index in [9.17, 15) is 9.59 Å². The monoisotopic (exact) mass is 310 g/mol. The molecule has 0 aliphatic carbocycles. The molecule has 1 aromatic carbocycles. The van der Waals surface area contributed by atoms with Crippen LogP contribution in [0.3, 0.4) is 0 Å².